The number of nitrogens with two attached hydrogens (primary N) is 2. The third kappa shape index (κ3) is 3.37. The van der Waals surface area contributed by atoms with Crippen molar-refractivity contribution < 1.29 is 4.79 Å². The predicted octanol–water partition coefficient (Wildman–Crippen LogP) is -0.250. The average Bonchev–Trinajstić information content (AvgIpc) is 2.27. The molecule has 16 heavy (non-hydrogen) atoms. The summed E-state index contributed by atoms with van der Waals surface area (Å²) in [7, 11) is 1.86. The van der Waals surface area contributed by atoms with Crippen LogP contribution < -0.4 is 17.0 Å². The van der Waals surface area contributed by atoms with Crippen LogP contribution in [0, 0.1) is 11.3 Å². The molecular weight excluding hydrogens is 206 g/mol. The van der Waals surface area contributed by atoms with Gasteiger partial charge in [-0.2, -0.15) is 0 Å². The van der Waals surface area contributed by atoms with Crippen LogP contribution in [0.25, 0.3) is 0 Å². The van der Waals surface area contributed by atoms with Gasteiger partial charge >= 0.3 is 0 Å². The molecule has 0 spiro atoms. The Bertz CT molecular complexity index is 260. The summed E-state index contributed by atoms with van der Waals surface area (Å²) in [6, 6.07) is 0.340. The molecule has 1 fully saturated rings. The minimum absolute atomic E-state index is 0.215. The molecule has 92 valence electrons. The Balaban J connectivity index is 2.36. The molecule has 1 rings (SSSR count). The molecule has 0 atom stereocenters. The minimum atomic E-state index is -0.215. The highest BCUT2D eigenvalue weighted by Gasteiger charge is 2.25. The van der Waals surface area contributed by atoms with E-state index in [-0.39, 0.29) is 11.9 Å². The van der Waals surface area contributed by atoms with E-state index in [2.05, 4.69) is 5.43 Å². The van der Waals surface area contributed by atoms with Gasteiger partial charge in [-0.15, -0.1) is 0 Å². The Hall–Kier alpha value is -1.30. The summed E-state index contributed by atoms with van der Waals surface area (Å²) < 4.78 is 0. The van der Waals surface area contributed by atoms with Crippen LogP contribution in [-0.2, 0) is 4.79 Å². The molecule has 6 nitrogen and oxygen atoms in total. The number of guanidine groups is 1. The Morgan fingerprint density at radius 3 is 2.44 bits per heavy atom. The predicted molar refractivity (Wildman–Crippen MR) is 62.4 cm³/mol. The Morgan fingerprint density at radius 1 is 1.44 bits per heavy atom. The fourth-order valence-electron chi connectivity index (χ4n) is 2.31. The number of hydrazine groups is 1. The van der Waals surface area contributed by atoms with Gasteiger partial charge in [-0.05, 0) is 31.6 Å². The van der Waals surface area contributed by atoms with E-state index in [0.717, 1.165) is 25.7 Å². The second-order valence-electron chi connectivity index (χ2n) is 4.45. The first-order valence-corrected chi connectivity index (χ1v) is 5.61. The van der Waals surface area contributed by atoms with Crippen molar-refractivity contribution >= 4 is 11.9 Å². The maximum absolute atomic E-state index is 10.8. The molecule has 0 aromatic heterocycles. The van der Waals surface area contributed by atoms with Gasteiger partial charge in [0.05, 0.1) is 0 Å². The lowest BCUT2D eigenvalue weighted by atomic mass is 9.83. The number of primary amides is 1. The Kier molecular flexibility index (Phi) is 4.54. The highest BCUT2D eigenvalue weighted by molar-refractivity contribution is 5.76. The quantitative estimate of drug-likeness (QED) is 0.231. The molecule has 0 radical (unpaired) electrons. The van der Waals surface area contributed by atoms with Gasteiger partial charge < -0.3 is 10.6 Å². The van der Waals surface area contributed by atoms with Crippen molar-refractivity contribution in [3.8, 4) is 0 Å². The van der Waals surface area contributed by atoms with E-state index in [9.17, 15) is 4.79 Å². The molecule has 6 N–H and O–H groups in total. The number of rotatable bonds is 3. The van der Waals surface area contributed by atoms with E-state index in [4.69, 9.17) is 17.0 Å². The van der Waals surface area contributed by atoms with Crippen molar-refractivity contribution in [2.75, 3.05) is 7.05 Å². The van der Waals surface area contributed by atoms with Gasteiger partial charge in [-0.25, -0.2) is 5.84 Å². The number of nitrogens with zero attached hydrogens (tertiary/aromatic N) is 1. The normalized spacial score (nSPS) is 24.9. The van der Waals surface area contributed by atoms with Crippen molar-refractivity contribution in [3.05, 3.63) is 0 Å². The number of amides is 1. The molecule has 0 saturated heterocycles. The summed E-state index contributed by atoms with van der Waals surface area (Å²) >= 11 is 0. The molecule has 0 aliphatic heterocycles. The third-order valence-corrected chi connectivity index (χ3v) is 3.34. The number of carbonyl (C=O) groups is 1. The standard InChI is InChI=1S/C10H21N5O/c1-15(10(12)14-13)8-4-2-7(3-5-8)6-9(11)16/h7-8H,2-6,13H2,1H3,(H2,11,16)(H2,12,14)/t7-,8-. The van der Waals surface area contributed by atoms with Gasteiger partial charge in [0.15, 0.2) is 0 Å². The summed E-state index contributed by atoms with van der Waals surface area (Å²) in [4.78, 5) is 12.6. The first-order valence-electron chi connectivity index (χ1n) is 5.61. The van der Waals surface area contributed by atoms with E-state index in [1.54, 1.807) is 0 Å². The summed E-state index contributed by atoms with van der Waals surface area (Å²) in [5.74, 6) is 5.63. The largest absolute Gasteiger partial charge is 0.370 e. The lowest BCUT2D eigenvalue weighted by molar-refractivity contribution is -0.119. The van der Waals surface area contributed by atoms with Gasteiger partial charge in [0.1, 0.15) is 0 Å². The van der Waals surface area contributed by atoms with E-state index in [1.807, 2.05) is 11.9 Å². The van der Waals surface area contributed by atoms with Crippen molar-refractivity contribution in [2.45, 2.75) is 38.1 Å². The van der Waals surface area contributed by atoms with Gasteiger partial charge in [0.2, 0.25) is 11.9 Å². The molecule has 1 saturated carbocycles. The SMILES string of the molecule is CN(C(=N)NN)[C@H]1CC[C@H](CC(N)=O)CC1. The highest BCUT2D eigenvalue weighted by Crippen LogP contribution is 2.28. The van der Waals surface area contributed by atoms with Crippen LogP contribution in [0.15, 0.2) is 0 Å². The molecule has 0 aromatic rings. The molecule has 6 heteroatoms. The molecule has 1 amide bonds. The molecule has 0 heterocycles. The average molecular weight is 227 g/mol. The number of hydrogen-bond acceptors (Lipinski definition) is 3. The molecule has 1 aliphatic carbocycles. The van der Waals surface area contributed by atoms with Crippen molar-refractivity contribution in [2.24, 2.45) is 17.5 Å². The second-order valence-corrected chi connectivity index (χ2v) is 4.45. The van der Waals surface area contributed by atoms with Gasteiger partial charge in [0, 0.05) is 19.5 Å². The van der Waals surface area contributed by atoms with Crippen LogP contribution in [0.4, 0.5) is 0 Å². The number of nitrogens with one attached hydrogen (secondary N) is 2. The third-order valence-electron chi connectivity index (χ3n) is 3.34. The lowest BCUT2D eigenvalue weighted by Crippen LogP contribution is -2.48. The van der Waals surface area contributed by atoms with Crippen molar-refractivity contribution in [1.29, 1.82) is 5.41 Å². The fraction of sp³-hybridized carbons (Fsp3) is 0.800. The molecule has 0 unspecified atom stereocenters. The number of hydrogen-bond donors (Lipinski definition) is 4. The van der Waals surface area contributed by atoms with Crippen LogP contribution in [0.2, 0.25) is 0 Å². The maximum Gasteiger partial charge on any atom is 0.217 e. The first kappa shape index (κ1) is 12.8. The summed E-state index contributed by atoms with van der Waals surface area (Å²) in [6.07, 6.45) is 4.45. The molecule has 0 bridgehead atoms. The highest BCUT2D eigenvalue weighted by atomic mass is 16.1. The summed E-state index contributed by atoms with van der Waals surface area (Å²) in [5, 5.41) is 7.56. The first-order chi connectivity index (χ1) is 7.54. The van der Waals surface area contributed by atoms with Crippen LogP contribution in [-0.4, -0.2) is 29.9 Å². The minimum Gasteiger partial charge on any atom is -0.370 e. The van der Waals surface area contributed by atoms with Crippen LogP contribution in [0.3, 0.4) is 0 Å². The van der Waals surface area contributed by atoms with Crippen LogP contribution in [0.1, 0.15) is 32.1 Å². The van der Waals surface area contributed by atoms with Gasteiger partial charge in [0.25, 0.3) is 0 Å². The van der Waals surface area contributed by atoms with Gasteiger partial charge in [-0.3, -0.25) is 15.6 Å². The van der Waals surface area contributed by atoms with E-state index >= 15 is 0 Å². The molecular formula is C10H21N5O. The van der Waals surface area contributed by atoms with E-state index < -0.39 is 0 Å². The summed E-state index contributed by atoms with van der Waals surface area (Å²) in [6.45, 7) is 0. The van der Waals surface area contributed by atoms with Gasteiger partial charge in [-0.1, -0.05) is 0 Å². The molecule has 1 aliphatic rings. The Labute approximate surface area is 95.8 Å². The topological polar surface area (TPSA) is 108 Å². The Morgan fingerprint density at radius 2 is 2.00 bits per heavy atom. The van der Waals surface area contributed by atoms with Crippen LogP contribution >= 0.6 is 0 Å². The zero-order valence-electron chi connectivity index (χ0n) is 9.70. The lowest BCUT2D eigenvalue weighted by Gasteiger charge is -2.35. The zero-order valence-corrected chi connectivity index (χ0v) is 9.70. The summed E-state index contributed by atoms with van der Waals surface area (Å²) in [5.41, 5.74) is 7.52. The van der Waals surface area contributed by atoms with Crippen molar-refractivity contribution in [1.82, 2.24) is 10.3 Å². The smallest absolute Gasteiger partial charge is 0.217 e. The number of carbonyl (C=O) groups excluding carboxylic acids is 1. The second kappa shape index (κ2) is 5.69. The fourth-order valence-corrected chi connectivity index (χ4v) is 2.31. The maximum atomic E-state index is 10.8. The van der Waals surface area contributed by atoms with E-state index in [0.29, 0.717) is 18.4 Å². The van der Waals surface area contributed by atoms with Crippen molar-refractivity contribution in [3.63, 3.8) is 0 Å². The zero-order chi connectivity index (χ0) is 12.1. The van der Waals surface area contributed by atoms with Crippen LogP contribution in [0.5, 0.6) is 0 Å². The van der Waals surface area contributed by atoms with E-state index in [1.165, 1.54) is 0 Å². The molecule has 0 aromatic carbocycles. The monoisotopic (exact) mass is 227 g/mol.